The molecule has 24 heavy (non-hydrogen) atoms. The number of unbranched alkanes of at least 4 members (excludes halogenated alkanes) is 1. The Morgan fingerprint density at radius 2 is 1.71 bits per heavy atom. The molecule has 0 N–H and O–H groups in total. The zero-order valence-corrected chi connectivity index (χ0v) is 13.8. The van der Waals surface area contributed by atoms with Gasteiger partial charge in [0, 0.05) is 12.8 Å². The lowest BCUT2D eigenvalue weighted by Gasteiger charge is -2.05. The number of ether oxygens (including phenoxy) is 1. The fourth-order valence-electron chi connectivity index (χ4n) is 2.32. The lowest BCUT2D eigenvalue weighted by atomic mass is 10.0. The molecule has 4 heteroatoms. The first-order valence-corrected chi connectivity index (χ1v) is 8.10. The summed E-state index contributed by atoms with van der Waals surface area (Å²) in [4.78, 5) is 23.9. The summed E-state index contributed by atoms with van der Waals surface area (Å²) in [5, 5.41) is 0. The normalized spacial score (nSPS) is 10.4. The first-order valence-electron chi connectivity index (χ1n) is 8.10. The summed E-state index contributed by atoms with van der Waals surface area (Å²) in [5.74, 6) is -0.689. The number of hydrogen-bond donors (Lipinski definition) is 0. The summed E-state index contributed by atoms with van der Waals surface area (Å²) >= 11 is 0. The number of benzene rings is 2. The van der Waals surface area contributed by atoms with E-state index in [0.29, 0.717) is 17.7 Å². The van der Waals surface area contributed by atoms with Crippen LogP contribution in [-0.4, -0.2) is 18.4 Å². The number of rotatable bonds is 8. The summed E-state index contributed by atoms with van der Waals surface area (Å²) in [6.45, 7) is 2.45. The predicted molar refractivity (Wildman–Crippen MR) is 90.4 cm³/mol. The first-order chi connectivity index (χ1) is 11.6. The van der Waals surface area contributed by atoms with E-state index < -0.39 is 0 Å². The maximum absolute atomic E-state index is 13.1. The van der Waals surface area contributed by atoms with Gasteiger partial charge in [0.2, 0.25) is 0 Å². The smallest absolute Gasteiger partial charge is 0.338 e. The van der Waals surface area contributed by atoms with Crippen molar-refractivity contribution in [1.82, 2.24) is 0 Å². The second kappa shape index (κ2) is 8.96. The van der Waals surface area contributed by atoms with Gasteiger partial charge in [-0.15, -0.1) is 0 Å². The van der Waals surface area contributed by atoms with Crippen molar-refractivity contribution in [2.24, 2.45) is 0 Å². The molecule has 2 aromatic rings. The molecule has 0 atom stereocenters. The molecule has 0 amide bonds. The van der Waals surface area contributed by atoms with Crippen molar-refractivity contribution < 1.29 is 18.7 Å². The minimum atomic E-state index is -0.346. The van der Waals surface area contributed by atoms with E-state index in [-0.39, 0.29) is 30.4 Å². The Labute approximate surface area is 141 Å². The van der Waals surface area contributed by atoms with Gasteiger partial charge >= 0.3 is 5.97 Å². The molecule has 0 radical (unpaired) electrons. The quantitative estimate of drug-likeness (QED) is 0.540. The minimum Gasteiger partial charge on any atom is -0.462 e. The molecule has 0 bridgehead atoms. The van der Waals surface area contributed by atoms with Crippen molar-refractivity contribution in [3.8, 4) is 0 Å². The van der Waals surface area contributed by atoms with Crippen LogP contribution in [0.1, 0.15) is 41.3 Å². The van der Waals surface area contributed by atoms with Crippen LogP contribution in [0.2, 0.25) is 0 Å². The monoisotopic (exact) mass is 328 g/mol. The van der Waals surface area contributed by atoms with E-state index in [1.165, 1.54) is 12.1 Å². The van der Waals surface area contributed by atoms with Gasteiger partial charge in [0.05, 0.1) is 12.2 Å². The zero-order chi connectivity index (χ0) is 17.4. The predicted octanol–water partition coefficient (Wildman–Crippen LogP) is 4.14. The molecule has 126 valence electrons. The maximum Gasteiger partial charge on any atom is 0.338 e. The third-order valence-electron chi connectivity index (χ3n) is 3.61. The van der Waals surface area contributed by atoms with Crippen molar-refractivity contribution >= 4 is 11.8 Å². The molecule has 0 aliphatic heterocycles. The Balaban J connectivity index is 1.89. The number of hydrogen-bond acceptors (Lipinski definition) is 3. The second-order valence-electron chi connectivity index (χ2n) is 5.71. The second-order valence-corrected chi connectivity index (χ2v) is 5.71. The molecule has 0 heterocycles. The third-order valence-corrected chi connectivity index (χ3v) is 3.61. The van der Waals surface area contributed by atoms with E-state index in [0.717, 1.165) is 18.4 Å². The van der Waals surface area contributed by atoms with Crippen molar-refractivity contribution in [3.63, 3.8) is 0 Å². The molecule has 0 saturated heterocycles. The minimum absolute atomic E-state index is 0.00104. The molecule has 2 rings (SSSR count). The number of ketones is 1. The SMILES string of the molecule is CCCCOC(=O)c1ccc(CC(=O)Cc2cccc(F)c2)cc1. The fraction of sp³-hybridized carbons (Fsp3) is 0.300. The van der Waals surface area contributed by atoms with Crippen LogP contribution in [0.5, 0.6) is 0 Å². The van der Waals surface area contributed by atoms with Gasteiger partial charge < -0.3 is 4.74 Å². The van der Waals surface area contributed by atoms with Crippen LogP contribution in [0.15, 0.2) is 48.5 Å². The van der Waals surface area contributed by atoms with Crippen molar-refractivity contribution in [1.29, 1.82) is 0 Å². The maximum atomic E-state index is 13.1. The summed E-state index contributed by atoms with van der Waals surface area (Å²) in [7, 11) is 0. The molecule has 0 fully saturated rings. The number of carbonyl (C=O) groups excluding carboxylic acids is 2. The topological polar surface area (TPSA) is 43.4 Å². The molecule has 2 aromatic carbocycles. The molecular formula is C20H21FO3. The first kappa shape index (κ1) is 17.9. The standard InChI is InChI=1S/C20H21FO3/c1-2-3-11-24-20(23)17-9-7-15(8-10-17)13-19(22)14-16-5-4-6-18(21)12-16/h4-10,12H,2-3,11,13-14H2,1H3. The molecule has 0 aromatic heterocycles. The molecular weight excluding hydrogens is 307 g/mol. The van der Waals surface area contributed by atoms with Gasteiger partial charge in [0.25, 0.3) is 0 Å². The Morgan fingerprint density at radius 1 is 1.00 bits per heavy atom. The van der Waals surface area contributed by atoms with Crippen LogP contribution in [0.25, 0.3) is 0 Å². The van der Waals surface area contributed by atoms with E-state index in [4.69, 9.17) is 4.74 Å². The lowest BCUT2D eigenvalue weighted by Crippen LogP contribution is -2.08. The van der Waals surface area contributed by atoms with Gasteiger partial charge in [-0.1, -0.05) is 37.6 Å². The van der Waals surface area contributed by atoms with Gasteiger partial charge in [0.15, 0.2) is 0 Å². The van der Waals surface area contributed by atoms with E-state index in [1.807, 2.05) is 6.92 Å². The van der Waals surface area contributed by atoms with Crippen LogP contribution < -0.4 is 0 Å². The largest absolute Gasteiger partial charge is 0.462 e. The number of esters is 1. The average Bonchev–Trinajstić information content (AvgIpc) is 2.55. The molecule has 0 spiro atoms. The molecule has 0 aliphatic carbocycles. The summed E-state index contributed by atoms with van der Waals surface area (Å²) in [6, 6.07) is 12.9. The van der Waals surface area contributed by atoms with E-state index >= 15 is 0 Å². The van der Waals surface area contributed by atoms with Gasteiger partial charge in [-0.2, -0.15) is 0 Å². The van der Waals surface area contributed by atoms with E-state index in [2.05, 4.69) is 0 Å². The Kier molecular flexibility index (Phi) is 6.67. The van der Waals surface area contributed by atoms with Crippen molar-refractivity contribution in [2.75, 3.05) is 6.61 Å². The van der Waals surface area contributed by atoms with Crippen LogP contribution in [-0.2, 0) is 22.4 Å². The molecule has 0 saturated carbocycles. The number of Topliss-reactive ketones (excluding diaryl/α,β-unsaturated/α-hetero) is 1. The Bertz CT molecular complexity index is 692. The number of carbonyl (C=O) groups is 2. The van der Waals surface area contributed by atoms with Crippen molar-refractivity contribution in [2.45, 2.75) is 32.6 Å². The summed E-state index contributed by atoms with van der Waals surface area (Å²) in [5.41, 5.74) is 1.96. The Hall–Kier alpha value is -2.49. The highest BCUT2D eigenvalue weighted by atomic mass is 19.1. The van der Waals surface area contributed by atoms with E-state index in [9.17, 15) is 14.0 Å². The van der Waals surface area contributed by atoms with Crippen LogP contribution in [0.3, 0.4) is 0 Å². The van der Waals surface area contributed by atoms with E-state index in [1.54, 1.807) is 36.4 Å². The number of halogens is 1. The summed E-state index contributed by atoms with van der Waals surface area (Å²) < 4.78 is 18.3. The molecule has 3 nitrogen and oxygen atoms in total. The third kappa shape index (κ3) is 5.61. The molecule has 0 aliphatic rings. The van der Waals surface area contributed by atoms with Gasteiger partial charge in [-0.05, 0) is 41.8 Å². The van der Waals surface area contributed by atoms with Gasteiger partial charge in [-0.25, -0.2) is 9.18 Å². The zero-order valence-electron chi connectivity index (χ0n) is 13.8. The van der Waals surface area contributed by atoms with Gasteiger partial charge in [-0.3, -0.25) is 4.79 Å². The fourth-order valence-corrected chi connectivity index (χ4v) is 2.32. The van der Waals surface area contributed by atoms with Crippen LogP contribution >= 0.6 is 0 Å². The average molecular weight is 328 g/mol. The van der Waals surface area contributed by atoms with Crippen LogP contribution in [0.4, 0.5) is 4.39 Å². The van der Waals surface area contributed by atoms with Crippen LogP contribution in [0, 0.1) is 5.82 Å². The summed E-state index contributed by atoms with van der Waals surface area (Å²) in [6.07, 6.45) is 2.26. The Morgan fingerprint density at radius 3 is 2.38 bits per heavy atom. The highest BCUT2D eigenvalue weighted by molar-refractivity contribution is 5.89. The highest BCUT2D eigenvalue weighted by Gasteiger charge is 2.09. The molecule has 0 unspecified atom stereocenters. The highest BCUT2D eigenvalue weighted by Crippen LogP contribution is 2.10. The van der Waals surface area contributed by atoms with Crippen molar-refractivity contribution in [3.05, 3.63) is 71.0 Å². The lowest BCUT2D eigenvalue weighted by molar-refractivity contribution is -0.117. The van der Waals surface area contributed by atoms with Gasteiger partial charge in [0.1, 0.15) is 11.6 Å².